The number of guanidine groups is 1. The van der Waals surface area contributed by atoms with Crippen molar-refractivity contribution in [2.75, 3.05) is 32.8 Å². The molecule has 7 nitrogen and oxygen atoms in total. The van der Waals surface area contributed by atoms with E-state index in [4.69, 9.17) is 9.15 Å². The highest BCUT2D eigenvalue weighted by atomic mass is 127. The van der Waals surface area contributed by atoms with Crippen molar-refractivity contribution in [3.05, 3.63) is 60.1 Å². The molecule has 1 amide bonds. The lowest BCUT2D eigenvalue weighted by atomic mass is 10.2. The van der Waals surface area contributed by atoms with E-state index in [0.29, 0.717) is 31.9 Å². The van der Waals surface area contributed by atoms with Gasteiger partial charge >= 0.3 is 0 Å². The van der Waals surface area contributed by atoms with Gasteiger partial charge in [0.15, 0.2) is 5.96 Å². The number of ether oxygens (including phenoxy) is 1. The van der Waals surface area contributed by atoms with Crippen LogP contribution in [0, 0.1) is 0 Å². The Morgan fingerprint density at radius 1 is 1.03 bits per heavy atom. The molecule has 0 saturated carbocycles. The molecule has 0 aliphatic rings. The van der Waals surface area contributed by atoms with Crippen molar-refractivity contribution < 1.29 is 13.9 Å². The molecule has 29 heavy (non-hydrogen) atoms. The molecule has 0 unspecified atom stereocenters. The molecule has 2 aromatic rings. The van der Waals surface area contributed by atoms with Crippen LogP contribution in [0.25, 0.3) is 0 Å². The molecule has 0 atom stereocenters. The van der Waals surface area contributed by atoms with E-state index in [1.807, 2.05) is 37.3 Å². The molecular weight excluding hydrogens is 483 g/mol. The van der Waals surface area contributed by atoms with E-state index < -0.39 is 0 Å². The number of nitrogens with zero attached hydrogens (tertiary/aromatic N) is 1. The van der Waals surface area contributed by atoms with Crippen LogP contribution in [0.5, 0.6) is 0 Å². The van der Waals surface area contributed by atoms with Gasteiger partial charge in [0.25, 0.3) is 5.91 Å². The molecule has 3 N–H and O–H groups in total. The average molecular weight is 514 g/mol. The highest BCUT2D eigenvalue weighted by molar-refractivity contribution is 14.0. The fourth-order valence-corrected chi connectivity index (χ4v) is 2.45. The molecule has 8 heteroatoms. The van der Waals surface area contributed by atoms with Crippen molar-refractivity contribution in [1.29, 1.82) is 0 Å². The van der Waals surface area contributed by atoms with Gasteiger partial charge < -0.3 is 25.1 Å². The van der Waals surface area contributed by atoms with Crippen LogP contribution in [0.4, 0.5) is 0 Å². The fourth-order valence-electron chi connectivity index (χ4n) is 2.45. The zero-order valence-corrected chi connectivity index (χ0v) is 19.2. The Morgan fingerprint density at radius 2 is 1.83 bits per heavy atom. The number of furan rings is 1. The predicted molar refractivity (Wildman–Crippen MR) is 126 cm³/mol. The Bertz CT molecular complexity index is 693. The van der Waals surface area contributed by atoms with Crippen LogP contribution >= 0.6 is 24.0 Å². The molecule has 0 fully saturated rings. The first-order valence-electron chi connectivity index (χ1n) is 9.75. The van der Waals surface area contributed by atoms with Gasteiger partial charge in [-0.2, -0.15) is 0 Å². The van der Waals surface area contributed by atoms with Crippen LogP contribution in [0.15, 0.2) is 58.1 Å². The molecule has 2 rings (SSSR count). The number of benzene rings is 1. The Hall–Kier alpha value is -2.07. The van der Waals surface area contributed by atoms with E-state index in [2.05, 4.69) is 20.9 Å². The van der Waals surface area contributed by atoms with E-state index in [1.165, 1.54) is 0 Å². The molecule has 0 radical (unpaired) electrons. The first-order chi connectivity index (χ1) is 13.8. The summed E-state index contributed by atoms with van der Waals surface area (Å²) in [6, 6.07) is 13.0. The first-order valence-corrected chi connectivity index (χ1v) is 9.75. The molecule has 0 bridgehead atoms. The van der Waals surface area contributed by atoms with Gasteiger partial charge in [0.05, 0.1) is 6.26 Å². The third-order valence-electron chi connectivity index (χ3n) is 3.85. The lowest BCUT2D eigenvalue weighted by molar-refractivity contribution is 0.0953. The second-order valence-electron chi connectivity index (χ2n) is 6.15. The molecule has 0 saturated heterocycles. The third kappa shape index (κ3) is 10.9. The minimum atomic E-state index is -0.0517. The Morgan fingerprint density at radius 3 is 2.55 bits per heavy atom. The van der Waals surface area contributed by atoms with E-state index >= 15 is 0 Å². The summed E-state index contributed by atoms with van der Waals surface area (Å²) in [6.07, 6.45) is 3.30. The molecule has 0 aliphatic heterocycles. The van der Waals surface area contributed by atoms with Crippen LogP contribution < -0.4 is 16.0 Å². The quantitative estimate of drug-likeness (QED) is 0.175. The number of halogens is 1. The van der Waals surface area contributed by atoms with Gasteiger partial charge in [-0.3, -0.25) is 9.79 Å². The largest absolute Gasteiger partial charge is 0.467 e. The number of aliphatic imine (C=N–C) groups is 1. The SMILES string of the molecule is CCNC(=NCCCNC(=O)c1ccccc1)NCCCOCc1ccco1.I. The lowest BCUT2D eigenvalue weighted by Crippen LogP contribution is -2.38. The van der Waals surface area contributed by atoms with Crippen molar-refractivity contribution in [3.8, 4) is 0 Å². The van der Waals surface area contributed by atoms with Gasteiger partial charge in [-0.05, 0) is 44.0 Å². The van der Waals surface area contributed by atoms with E-state index in [9.17, 15) is 4.79 Å². The first kappa shape index (κ1) is 25.0. The normalized spacial score (nSPS) is 10.9. The zero-order chi connectivity index (χ0) is 19.9. The fraction of sp³-hybridized carbons (Fsp3) is 0.429. The highest BCUT2D eigenvalue weighted by Crippen LogP contribution is 2.01. The second kappa shape index (κ2) is 15.8. The number of hydrogen-bond acceptors (Lipinski definition) is 4. The molecule has 0 aliphatic carbocycles. The van der Waals surface area contributed by atoms with E-state index in [1.54, 1.807) is 18.4 Å². The minimum Gasteiger partial charge on any atom is -0.467 e. The van der Waals surface area contributed by atoms with Crippen LogP contribution in [0.3, 0.4) is 0 Å². The zero-order valence-electron chi connectivity index (χ0n) is 16.9. The van der Waals surface area contributed by atoms with E-state index in [0.717, 1.165) is 37.7 Å². The maximum atomic E-state index is 12.0. The van der Waals surface area contributed by atoms with Crippen molar-refractivity contribution in [3.63, 3.8) is 0 Å². The molecule has 1 aromatic carbocycles. The minimum absolute atomic E-state index is 0. The highest BCUT2D eigenvalue weighted by Gasteiger charge is 2.03. The van der Waals surface area contributed by atoms with Crippen LogP contribution in [0.1, 0.15) is 35.9 Å². The van der Waals surface area contributed by atoms with Gasteiger partial charge in [-0.15, -0.1) is 24.0 Å². The molecule has 160 valence electrons. The standard InChI is InChI=1S/C21H30N4O3.HI/c1-2-22-21(25-14-8-15-27-17-19-11-6-16-28-19)24-13-7-12-23-20(26)18-9-4-3-5-10-18;/h3-6,9-11,16H,2,7-8,12-15,17H2,1H3,(H,23,26)(H2,22,24,25);1H. The summed E-state index contributed by atoms with van der Waals surface area (Å²) in [4.78, 5) is 16.5. The van der Waals surface area contributed by atoms with Gasteiger partial charge in [0, 0.05) is 38.3 Å². The lowest BCUT2D eigenvalue weighted by Gasteiger charge is -2.11. The van der Waals surface area contributed by atoms with Gasteiger partial charge in [-0.25, -0.2) is 0 Å². The Kier molecular flexibility index (Phi) is 13.6. The number of amides is 1. The van der Waals surface area contributed by atoms with Crippen LogP contribution in [-0.2, 0) is 11.3 Å². The van der Waals surface area contributed by atoms with Crippen molar-refractivity contribution in [2.24, 2.45) is 4.99 Å². The van der Waals surface area contributed by atoms with Gasteiger partial charge in [0.1, 0.15) is 12.4 Å². The predicted octanol–water partition coefficient (Wildman–Crippen LogP) is 3.18. The third-order valence-corrected chi connectivity index (χ3v) is 3.85. The summed E-state index contributed by atoms with van der Waals surface area (Å²) in [6.45, 7) is 5.98. The molecule has 1 aromatic heterocycles. The summed E-state index contributed by atoms with van der Waals surface area (Å²) in [5.41, 5.74) is 0.676. The maximum absolute atomic E-state index is 12.0. The maximum Gasteiger partial charge on any atom is 0.251 e. The molecule has 1 heterocycles. The summed E-state index contributed by atoms with van der Waals surface area (Å²) in [7, 11) is 0. The number of rotatable bonds is 12. The van der Waals surface area contributed by atoms with Gasteiger partial charge in [-0.1, -0.05) is 18.2 Å². The monoisotopic (exact) mass is 514 g/mol. The second-order valence-corrected chi connectivity index (χ2v) is 6.15. The van der Waals surface area contributed by atoms with Crippen LogP contribution in [-0.4, -0.2) is 44.7 Å². The van der Waals surface area contributed by atoms with Crippen LogP contribution in [0.2, 0.25) is 0 Å². The number of carbonyl (C=O) groups excluding carboxylic acids is 1. The van der Waals surface area contributed by atoms with E-state index in [-0.39, 0.29) is 29.9 Å². The molecule has 0 spiro atoms. The Balaban J connectivity index is 0.00000420. The average Bonchev–Trinajstić information content (AvgIpc) is 3.24. The topological polar surface area (TPSA) is 87.9 Å². The molecular formula is C21H31IN4O3. The Labute approximate surface area is 189 Å². The summed E-state index contributed by atoms with van der Waals surface area (Å²) in [5.74, 6) is 1.56. The van der Waals surface area contributed by atoms with Crippen molar-refractivity contribution in [2.45, 2.75) is 26.4 Å². The number of hydrogen-bond donors (Lipinski definition) is 3. The summed E-state index contributed by atoms with van der Waals surface area (Å²) in [5, 5.41) is 9.41. The summed E-state index contributed by atoms with van der Waals surface area (Å²) < 4.78 is 10.8. The van der Waals surface area contributed by atoms with Crippen molar-refractivity contribution in [1.82, 2.24) is 16.0 Å². The summed E-state index contributed by atoms with van der Waals surface area (Å²) >= 11 is 0. The van der Waals surface area contributed by atoms with Gasteiger partial charge in [0.2, 0.25) is 0 Å². The van der Waals surface area contributed by atoms with Crippen molar-refractivity contribution >= 4 is 35.8 Å². The number of nitrogens with one attached hydrogen (secondary N) is 3. The smallest absolute Gasteiger partial charge is 0.251 e. The number of carbonyl (C=O) groups is 1.